The molecule has 2 aliphatic carbocycles. The van der Waals surface area contributed by atoms with E-state index in [1.165, 1.54) is 11.3 Å². The number of aromatic amines is 1. The maximum Gasteiger partial charge on any atom is 0.326 e. The zero-order valence-electron chi connectivity index (χ0n) is 18.7. The maximum atomic E-state index is 13.7. The fourth-order valence-corrected chi connectivity index (χ4v) is 9.93. The number of carbonyl (C=O) groups excluding carboxylic acids is 2. The highest BCUT2D eigenvalue weighted by atomic mass is 32.2. The third-order valence-corrected chi connectivity index (χ3v) is 10.7. The van der Waals surface area contributed by atoms with Crippen molar-refractivity contribution in [2.24, 2.45) is 35.5 Å². The van der Waals surface area contributed by atoms with E-state index < -0.39 is 23.8 Å². The van der Waals surface area contributed by atoms with E-state index in [0.717, 1.165) is 26.8 Å². The average Bonchev–Trinajstić information content (AvgIpc) is 3.51. The van der Waals surface area contributed by atoms with Crippen molar-refractivity contribution in [1.29, 1.82) is 0 Å². The van der Waals surface area contributed by atoms with E-state index in [0.29, 0.717) is 0 Å². The van der Waals surface area contributed by atoms with Gasteiger partial charge in [0.2, 0.25) is 11.8 Å². The van der Waals surface area contributed by atoms with Gasteiger partial charge in [-0.05, 0) is 48.1 Å². The molecule has 0 radical (unpaired) electrons. The molecule has 2 saturated carbocycles. The Balaban J connectivity index is 1.42. The summed E-state index contributed by atoms with van der Waals surface area (Å²) in [5, 5.41) is 10.8. The number of aliphatic carboxylic acids is 1. The van der Waals surface area contributed by atoms with Crippen LogP contribution < -0.4 is 4.87 Å². The largest absolute Gasteiger partial charge is 0.480 e. The van der Waals surface area contributed by atoms with Gasteiger partial charge < -0.3 is 10.1 Å². The molecule has 2 amide bonds. The Labute approximate surface area is 204 Å². The van der Waals surface area contributed by atoms with E-state index in [1.54, 1.807) is 18.0 Å². The number of aromatic nitrogens is 2. The van der Waals surface area contributed by atoms with Gasteiger partial charge in [0.05, 0.1) is 16.9 Å². The highest BCUT2D eigenvalue weighted by Gasteiger charge is 2.70. The zero-order valence-corrected chi connectivity index (χ0v) is 20.3. The van der Waals surface area contributed by atoms with Gasteiger partial charge in [0.25, 0.3) is 0 Å². The summed E-state index contributed by atoms with van der Waals surface area (Å²) in [4.78, 5) is 60.8. The number of rotatable bonds is 5. The summed E-state index contributed by atoms with van der Waals surface area (Å²) in [7, 11) is 0. The van der Waals surface area contributed by atoms with Crippen molar-refractivity contribution in [2.45, 2.75) is 48.9 Å². The summed E-state index contributed by atoms with van der Waals surface area (Å²) in [5.41, 5.74) is 1.01. The first kappa shape index (κ1) is 22.0. The molecule has 34 heavy (non-hydrogen) atoms. The molecule has 1 saturated heterocycles. The predicted molar refractivity (Wildman–Crippen MR) is 125 cm³/mol. The molecule has 2 aromatic rings. The number of carboxylic acids is 1. The Kier molecular flexibility index (Phi) is 5.04. The third kappa shape index (κ3) is 3.00. The minimum Gasteiger partial charge on any atom is -0.480 e. The van der Waals surface area contributed by atoms with Crippen molar-refractivity contribution >= 4 is 40.9 Å². The van der Waals surface area contributed by atoms with E-state index in [-0.39, 0.29) is 57.9 Å². The number of hydrogen-bond donors (Lipinski definition) is 2. The van der Waals surface area contributed by atoms with Crippen molar-refractivity contribution in [1.82, 2.24) is 14.9 Å². The number of carbonyl (C=O) groups is 3. The quantitative estimate of drug-likeness (QED) is 0.607. The molecule has 4 heterocycles. The Morgan fingerprint density at radius 2 is 1.97 bits per heavy atom. The van der Waals surface area contributed by atoms with E-state index in [2.05, 4.69) is 9.97 Å². The lowest BCUT2D eigenvalue weighted by molar-refractivity contribution is -0.156. The molecule has 2 aliphatic heterocycles. The molecule has 0 unspecified atom stereocenters. The Bertz CT molecular complexity index is 1240. The molecule has 8 nitrogen and oxygen atoms in total. The van der Waals surface area contributed by atoms with Crippen LogP contribution in [0.5, 0.6) is 0 Å². The smallest absolute Gasteiger partial charge is 0.326 e. The maximum absolute atomic E-state index is 13.7. The molecule has 2 bridgehead atoms. The van der Waals surface area contributed by atoms with Crippen LogP contribution in [0, 0.1) is 35.5 Å². The monoisotopic (exact) mass is 499 g/mol. The number of hydrogen-bond acceptors (Lipinski definition) is 7. The van der Waals surface area contributed by atoms with Crippen LogP contribution in [0.2, 0.25) is 0 Å². The number of pyridine rings is 1. The van der Waals surface area contributed by atoms with Gasteiger partial charge in [-0.15, -0.1) is 11.8 Å². The highest BCUT2D eigenvalue weighted by molar-refractivity contribution is 8.00. The van der Waals surface area contributed by atoms with Crippen molar-refractivity contribution in [3.63, 3.8) is 0 Å². The number of imide groups is 1. The highest BCUT2D eigenvalue weighted by Crippen LogP contribution is 2.68. The van der Waals surface area contributed by atoms with Gasteiger partial charge in [-0.25, -0.2) is 4.79 Å². The fraction of sp³-hybridized carbons (Fsp3) is 0.542. The summed E-state index contributed by atoms with van der Waals surface area (Å²) < 4.78 is 0. The van der Waals surface area contributed by atoms with Crippen LogP contribution in [-0.2, 0) is 14.4 Å². The standard InChI is InChI=1S/C24H25N3O5S2/c1-9(2)6-13(23(30)31)27-21(28)16-11-7-12(17(16)22(27)29)18-15(11)14(10-4-3-5-25-8-10)19-20(33-18)26-24(32)34-19/h3-5,8-9,11-18H,6-7H2,1-2H3,(H,26,32)(H,30,31)/t11-,12+,13+,14-,15+,16+,17-,18-/m1/s1. The number of nitrogens with zero attached hydrogens (tertiary/aromatic N) is 2. The second-order valence-electron chi connectivity index (χ2n) is 10.3. The summed E-state index contributed by atoms with van der Waals surface area (Å²) in [6.07, 6.45) is 4.57. The van der Waals surface area contributed by atoms with E-state index in [9.17, 15) is 24.3 Å². The van der Waals surface area contributed by atoms with E-state index >= 15 is 0 Å². The second-order valence-corrected chi connectivity index (χ2v) is 12.5. The Morgan fingerprint density at radius 3 is 2.62 bits per heavy atom. The van der Waals surface area contributed by atoms with Crippen LogP contribution in [0.1, 0.15) is 43.0 Å². The molecule has 6 rings (SSSR count). The molecule has 2 aromatic heterocycles. The number of thioether (sulfide) groups is 1. The third-order valence-electron chi connectivity index (χ3n) is 8.09. The lowest BCUT2D eigenvalue weighted by Crippen LogP contribution is -2.47. The second kappa shape index (κ2) is 7.78. The number of likely N-dealkylation sites (tertiary alicyclic amines) is 1. The summed E-state index contributed by atoms with van der Waals surface area (Å²) in [5.74, 6) is -2.71. The lowest BCUT2D eigenvalue weighted by Gasteiger charge is -2.42. The van der Waals surface area contributed by atoms with Crippen LogP contribution >= 0.6 is 23.1 Å². The molecule has 0 spiro atoms. The first-order chi connectivity index (χ1) is 16.3. The van der Waals surface area contributed by atoms with Gasteiger partial charge in [-0.2, -0.15) is 0 Å². The van der Waals surface area contributed by atoms with Gasteiger partial charge in [0.1, 0.15) is 6.04 Å². The van der Waals surface area contributed by atoms with Crippen LogP contribution in [0.15, 0.2) is 34.3 Å². The molecule has 8 atom stereocenters. The molecule has 3 fully saturated rings. The molecular weight excluding hydrogens is 474 g/mol. The van der Waals surface area contributed by atoms with Crippen LogP contribution in [-0.4, -0.2) is 49.0 Å². The minimum absolute atomic E-state index is 0.0179. The lowest BCUT2D eigenvalue weighted by atomic mass is 9.68. The number of fused-ring (bicyclic) bond motifs is 9. The van der Waals surface area contributed by atoms with Gasteiger partial charge in [0, 0.05) is 28.4 Å². The van der Waals surface area contributed by atoms with Crippen LogP contribution in [0.3, 0.4) is 0 Å². The molecular formula is C24H25N3O5S2. The van der Waals surface area contributed by atoms with Gasteiger partial charge in [-0.3, -0.25) is 24.3 Å². The minimum atomic E-state index is -1.12. The van der Waals surface area contributed by atoms with Gasteiger partial charge in [0.15, 0.2) is 0 Å². The van der Waals surface area contributed by atoms with Crippen molar-refractivity contribution in [3.8, 4) is 0 Å². The molecule has 4 aliphatic rings. The number of amides is 2. The number of H-pyrrole nitrogens is 1. The van der Waals surface area contributed by atoms with Gasteiger partial charge in [-0.1, -0.05) is 31.3 Å². The topological polar surface area (TPSA) is 120 Å². The number of carboxylic acid groups (broad SMARTS) is 1. The molecule has 10 heteroatoms. The summed E-state index contributed by atoms with van der Waals surface area (Å²) in [6, 6.07) is 2.78. The Morgan fingerprint density at radius 1 is 1.24 bits per heavy atom. The number of nitrogens with one attached hydrogen (secondary N) is 1. The summed E-state index contributed by atoms with van der Waals surface area (Å²) in [6.45, 7) is 3.79. The van der Waals surface area contributed by atoms with Crippen molar-refractivity contribution < 1.29 is 19.5 Å². The Hall–Kier alpha value is -2.46. The average molecular weight is 500 g/mol. The van der Waals surface area contributed by atoms with Crippen molar-refractivity contribution in [2.75, 3.05) is 0 Å². The number of thiazole rings is 1. The van der Waals surface area contributed by atoms with Gasteiger partial charge >= 0.3 is 10.8 Å². The first-order valence-corrected chi connectivity index (χ1v) is 13.4. The van der Waals surface area contributed by atoms with E-state index in [1.807, 2.05) is 32.2 Å². The molecule has 0 aromatic carbocycles. The molecule has 178 valence electrons. The SMILES string of the molecule is CC(C)C[C@@H](C(=O)O)N1C(=O)[C@@H]2[C@@H]3C[C@@H]([C@@H]2C1=O)[C@H]1[C@@H](c2cccnc2)c2sc(=O)[nH]c2S[C@H]31. The predicted octanol–water partition coefficient (Wildman–Crippen LogP) is 2.80. The fourth-order valence-electron chi connectivity index (χ4n) is 7.04. The van der Waals surface area contributed by atoms with Crippen LogP contribution in [0.4, 0.5) is 0 Å². The summed E-state index contributed by atoms with van der Waals surface area (Å²) >= 11 is 2.84. The van der Waals surface area contributed by atoms with Crippen molar-refractivity contribution in [3.05, 3.63) is 44.6 Å². The normalized spacial score (nSPS) is 34.3. The van der Waals surface area contributed by atoms with Crippen LogP contribution in [0.25, 0.3) is 0 Å². The van der Waals surface area contributed by atoms with E-state index in [4.69, 9.17) is 0 Å². The zero-order chi connectivity index (χ0) is 23.9. The molecule has 2 N–H and O–H groups in total. The first-order valence-electron chi connectivity index (χ1n) is 11.7.